The van der Waals surface area contributed by atoms with Crippen molar-refractivity contribution in [1.29, 1.82) is 0 Å². The van der Waals surface area contributed by atoms with E-state index in [-0.39, 0.29) is 23.0 Å². The van der Waals surface area contributed by atoms with Crippen LogP contribution in [0, 0.1) is 5.92 Å². The number of likely N-dealkylation sites (tertiary alicyclic amines) is 1. The summed E-state index contributed by atoms with van der Waals surface area (Å²) in [6.45, 7) is 5.52. The van der Waals surface area contributed by atoms with Crippen molar-refractivity contribution in [3.8, 4) is 0 Å². The largest absolute Gasteiger partial charge is 0.521 e. The van der Waals surface area contributed by atoms with Gasteiger partial charge in [-0.15, -0.1) is 0 Å². The minimum absolute atomic E-state index is 0.0393. The summed E-state index contributed by atoms with van der Waals surface area (Å²) in [5, 5.41) is 9.46. The number of hydrogen-bond acceptors (Lipinski definition) is 4. The Morgan fingerprint density at radius 2 is 2.05 bits per heavy atom. The van der Waals surface area contributed by atoms with E-state index < -0.39 is 10.6 Å². The van der Waals surface area contributed by atoms with E-state index in [0.29, 0.717) is 18.7 Å². The third-order valence-electron chi connectivity index (χ3n) is 3.95. The van der Waals surface area contributed by atoms with E-state index >= 15 is 0 Å². The lowest BCUT2D eigenvalue weighted by Crippen LogP contribution is -2.60. The zero-order chi connectivity index (χ0) is 14.6. The second-order valence-corrected chi connectivity index (χ2v) is 6.31. The molecule has 3 atom stereocenters. The Bertz CT molecular complexity index is 385. The molecule has 1 fully saturated rings. The van der Waals surface area contributed by atoms with Gasteiger partial charge in [0.2, 0.25) is 0 Å². The van der Waals surface area contributed by atoms with E-state index in [1.165, 1.54) is 6.92 Å². The molecule has 0 aromatic rings. The van der Waals surface area contributed by atoms with Crippen molar-refractivity contribution in [2.24, 2.45) is 5.92 Å². The molecule has 0 aromatic heterocycles. The molecule has 2 unspecified atom stereocenters. The molecule has 5 nitrogen and oxygen atoms in total. The van der Waals surface area contributed by atoms with Gasteiger partial charge in [-0.1, -0.05) is 18.7 Å². The van der Waals surface area contributed by atoms with Gasteiger partial charge in [-0.2, -0.15) is 9.28 Å². The van der Waals surface area contributed by atoms with Crippen molar-refractivity contribution in [2.75, 3.05) is 12.3 Å². The van der Waals surface area contributed by atoms with Crippen LogP contribution in [-0.4, -0.2) is 45.0 Å². The van der Waals surface area contributed by atoms with Gasteiger partial charge in [0.15, 0.2) is 5.12 Å². The second-order valence-electron chi connectivity index (χ2n) is 5.11. The zero-order valence-corrected chi connectivity index (χ0v) is 12.5. The molecule has 0 aromatic carbocycles. The van der Waals surface area contributed by atoms with Crippen molar-refractivity contribution in [3.05, 3.63) is 0 Å². The summed E-state index contributed by atoms with van der Waals surface area (Å²) in [5.74, 6) is -0.232. The molecule has 1 N–H and O–H groups in total. The van der Waals surface area contributed by atoms with Crippen LogP contribution in [0.5, 0.6) is 0 Å². The van der Waals surface area contributed by atoms with Crippen LogP contribution in [-0.2, 0) is 9.59 Å². The van der Waals surface area contributed by atoms with Crippen molar-refractivity contribution in [2.45, 2.75) is 46.1 Å². The number of carboxylic acid groups (broad SMARTS) is 1. The van der Waals surface area contributed by atoms with Crippen molar-refractivity contribution < 1.29 is 24.0 Å². The molecule has 0 spiro atoms. The number of hydrogen-bond donors (Lipinski definition) is 1. The molecule has 108 valence electrons. The Labute approximate surface area is 117 Å². The summed E-state index contributed by atoms with van der Waals surface area (Å²) in [6, 6.07) is -0.179. The SMILES string of the molecule is CCC(CSC(C)=O)C(=O)[N+]1(C(=O)O)CCC[C@H]1C. The van der Waals surface area contributed by atoms with Crippen LogP contribution in [0.1, 0.15) is 40.0 Å². The normalized spacial score (nSPS) is 28.1. The van der Waals surface area contributed by atoms with Gasteiger partial charge in [-0.25, -0.2) is 4.79 Å². The maximum absolute atomic E-state index is 12.6. The average Bonchev–Trinajstić information content (AvgIpc) is 2.72. The third-order valence-corrected chi connectivity index (χ3v) is 4.93. The highest BCUT2D eigenvalue weighted by molar-refractivity contribution is 8.13. The minimum atomic E-state index is -1.05. The van der Waals surface area contributed by atoms with Crippen molar-refractivity contribution >= 4 is 28.9 Å². The molecule has 1 heterocycles. The molecule has 1 aliphatic rings. The number of carbonyl (C=O) groups is 3. The Morgan fingerprint density at radius 1 is 1.42 bits per heavy atom. The molecule has 19 heavy (non-hydrogen) atoms. The third kappa shape index (κ3) is 3.17. The zero-order valence-electron chi connectivity index (χ0n) is 11.7. The fourth-order valence-electron chi connectivity index (χ4n) is 2.69. The van der Waals surface area contributed by atoms with Gasteiger partial charge < -0.3 is 5.11 Å². The molecule has 1 aliphatic heterocycles. The molecule has 2 amide bonds. The molecular weight excluding hydrogens is 266 g/mol. The number of rotatable bonds is 4. The first-order valence-corrected chi connectivity index (χ1v) is 7.63. The summed E-state index contributed by atoms with van der Waals surface area (Å²) >= 11 is 1.10. The van der Waals surface area contributed by atoms with Crippen LogP contribution in [0.3, 0.4) is 0 Å². The molecule has 0 saturated carbocycles. The first-order chi connectivity index (χ1) is 8.86. The summed E-state index contributed by atoms with van der Waals surface area (Å²) in [7, 11) is 0. The Hall–Kier alpha value is -0.880. The van der Waals surface area contributed by atoms with E-state index in [9.17, 15) is 19.5 Å². The molecule has 0 aliphatic carbocycles. The van der Waals surface area contributed by atoms with Crippen LogP contribution in [0.4, 0.5) is 4.79 Å². The number of nitrogens with zero attached hydrogens (tertiary/aromatic N) is 1. The number of quaternary nitrogens is 1. The maximum Gasteiger partial charge on any atom is 0.521 e. The standard InChI is InChI=1S/C13H21NO4S/c1-4-11(8-19-10(3)15)12(16)14(13(17)18)7-5-6-9(14)2/h9,11H,4-8H2,1-3H3/p+1/t9-,11?,14?/m1/s1. The topological polar surface area (TPSA) is 71.4 Å². The molecule has 1 saturated heterocycles. The summed E-state index contributed by atoms with van der Waals surface area (Å²) in [6.07, 6.45) is 1.03. The first kappa shape index (κ1) is 16.2. The monoisotopic (exact) mass is 288 g/mol. The van der Waals surface area contributed by atoms with Crippen LogP contribution in [0.15, 0.2) is 0 Å². The van der Waals surface area contributed by atoms with Crippen LogP contribution in [0.25, 0.3) is 0 Å². The van der Waals surface area contributed by atoms with E-state index in [1.807, 2.05) is 13.8 Å². The lowest BCUT2D eigenvalue weighted by atomic mass is 10.0. The Kier molecular flexibility index (Phi) is 5.55. The summed E-state index contributed by atoms with van der Waals surface area (Å²) in [5.41, 5.74) is 0. The molecule has 0 radical (unpaired) electrons. The summed E-state index contributed by atoms with van der Waals surface area (Å²) in [4.78, 5) is 35.3. The highest BCUT2D eigenvalue weighted by atomic mass is 32.2. The Morgan fingerprint density at radius 3 is 2.42 bits per heavy atom. The fourth-order valence-corrected chi connectivity index (χ4v) is 3.50. The average molecular weight is 288 g/mol. The van der Waals surface area contributed by atoms with Gasteiger partial charge in [-0.05, 0) is 13.3 Å². The smallest absolute Gasteiger partial charge is 0.435 e. The van der Waals surface area contributed by atoms with E-state index in [2.05, 4.69) is 0 Å². The second kappa shape index (κ2) is 6.52. The number of thioether (sulfide) groups is 1. The maximum atomic E-state index is 12.6. The van der Waals surface area contributed by atoms with E-state index in [4.69, 9.17) is 0 Å². The number of amides is 2. The molecular formula is C13H22NO4S+. The quantitative estimate of drug-likeness (QED) is 0.805. The van der Waals surface area contributed by atoms with Gasteiger partial charge in [0.1, 0.15) is 6.04 Å². The van der Waals surface area contributed by atoms with Crippen molar-refractivity contribution in [1.82, 2.24) is 0 Å². The number of imide groups is 1. The number of carbonyl (C=O) groups excluding carboxylic acids is 2. The highest BCUT2D eigenvalue weighted by Crippen LogP contribution is 2.31. The molecule has 1 rings (SSSR count). The van der Waals surface area contributed by atoms with Crippen LogP contribution in [0.2, 0.25) is 0 Å². The highest BCUT2D eigenvalue weighted by Gasteiger charge is 2.54. The van der Waals surface area contributed by atoms with Gasteiger partial charge in [-0.3, -0.25) is 4.79 Å². The van der Waals surface area contributed by atoms with Gasteiger partial charge in [0.05, 0.1) is 12.5 Å². The van der Waals surface area contributed by atoms with E-state index in [0.717, 1.165) is 24.6 Å². The first-order valence-electron chi connectivity index (χ1n) is 6.65. The van der Waals surface area contributed by atoms with Crippen molar-refractivity contribution in [3.63, 3.8) is 0 Å². The summed E-state index contributed by atoms with van der Waals surface area (Å²) < 4.78 is -0.461. The van der Waals surface area contributed by atoms with Gasteiger partial charge in [0, 0.05) is 25.5 Å². The predicted octanol–water partition coefficient (Wildman–Crippen LogP) is 2.50. The van der Waals surface area contributed by atoms with Crippen LogP contribution >= 0.6 is 11.8 Å². The molecule has 6 heteroatoms. The lowest BCUT2D eigenvalue weighted by Gasteiger charge is -2.32. The van der Waals surface area contributed by atoms with Crippen LogP contribution < -0.4 is 0 Å². The Balaban J connectivity index is 2.92. The van der Waals surface area contributed by atoms with E-state index in [1.54, 1.807) is 0 Å². The lowest BCUT2D eigenvalue weighted by molar-refractivity contribution is -0.794. The van der Waals surface area contributed by atoms with Gasteiger partial charge >= 0.3 is 12.0 Å². The molecule has 0 bridgehead atoms. The van der Waals surface area contributed by atoms with Gasteiger partial charge in [0.25, 0.3) is 0 Å². The minimum Gasteiger partial charge on any atom is -0.435 e. The fraction of sp³-hybridized carbons (Fsp3) is 0.769. The predicted molar refractivity (Wildman–Crippen MR) is 73.8 cm³/mol.